The van der Waals surface area contributed by atoms with Crippen molar-refractivity contribution in [2.24, 2.45) is 22.2 Å². The number of nitrogens with zero attached hydrogens (tertiary/aromatic N) is 3. The summed E-state index contributed by atoms with van der Waals surface area (Å²) >= 11 is 7.53. The Morgan fingerprint density at radius 3 is 2.48 bits per heavy atom. The van der Waals surface area contributed by atoms with Gasteiger partial charge in [0.25, 0.3) is 0 Å². The first kappa shape index (κ1) is 32.5. The number of thiazole rings is 1. The molecule has 1 aromatic heterocycles. The third-order valence-corrected chi connectivity index (χ3v) is 12.2. The number of benzene rings is 1. The second-order valence-electron chi connectivity index (χ2n) is 11.8. The first-order chi connectivity index (χ1) is 20.8. The van der Waals surface area contributed by atoms with Gasteiger partial charge in [-0.05, 0) is 50.0 Å². The van der Waals surface area contributed by atoms with Crippen LogP contribution in [0.3, 0.4) is 0 Å². The van der Waals surface area contributed by atoms with Gasteiger partial charge >= 0.3 is 11.9 Å². The summed E-state index contributed by atoms with van der Waals surface area (Å²) in [6.07, 6.45) is 4.25. The van der Waals surface area contributed by atoms with E-state index in [1.165, 1.54) is 28.8 Å². The summed E-state index contributed by atoms with van der Waals surface area (Å²) in [4.78, 5) is 33.6. The fraction of sp³-hybridized carbons (Fsp3) is 0.517. The largest absolute Gasteiger partial charge is 0.481 e. The number of aliphatic carboxylic acids is 1. The van der Waals surface area contributed by atoms with E-state index < -0.39 is 56.0 Å². The molecule has 238 valence electrons. The first-order valence-electron chi connectivity index (χ1n) is 14.2. The Morgan fingerprint density at radius 1 is 1.20 bits per heavy atom. The van der Waals surface area contributed by atoms with E-state index in [0.717, 1.165) is 6.07 Å². The molecule has 0 unspecified atom stereocenters. The zero-order valence-corrected chi connectivity index (χ0v) is 26.6. The van der Waals surface area contributed by atoms with Gasteiger partial charge < -0.3 is 15.2 Å². The fourth-order valence-corrected chi connectivity index (χ4v) is 9.27. The predicted molar refractivity (Wildman–Crippen MR) is 161 cm³/mol. The molecule has 1 atom stereocenters. The van der Waals surface area contributed by atoms with Crippen LogP contribution in [-0.2, 0) is 24.3 Å². The van der Waals surface area contributed by atoms with Gasteiger partial charge in [0.05, 0.1) is 29.4 Å². The van der Waals surface area contributed by atoms with E-state index in [1.807, 2.05) is 6.92 Å². The second kappa shape index (κ2) is 12.8. The van der Waals surface area contributed by atoms with Crippen molar-refractivity contribution < 1.29 is 36.6 Å². The molecule has 0 radical (unpaired) electrons. The minimum atomic E-state index is -3.65. The van der Waals surface area contributed by atoms with Crippen molar-refractivity contribution in [3.05, 3.63) is 62.2 Å². The molecule has 10 nitrogen and oxygen atoms in total. The highest BCUT2D eigenvalue weighted by molar-refractivity contribution is 7.89. The first-order valence-corrected chi connectivity index (χ1v) is 17.1. The minimum Gasteiger partial charge on any atom is -0.481 e. The molecule has 1 aliphatic carbocycles. The summed E-state index contributed by atoms with van der Waals surface area (Å²) < 4.78 is 62.2. The molecular weight excluding hydrogens is 638 g/mol. The summed E-state index contributed by atoms with van der Waals surface area (Å²) in [6.45, 7) is 2.29. The van der Waals surface area contributed by atoms with Crippen molar-refractivity contribution >= 4 is 50.7 Å². The van der Waals surface area contributed by atoms with E-state index in [-0.39, 0.29) is 35.9 Å². The van der Waals surface area contributed by atoms with Crippen LogP contribution < -0.4 is 5.32 Å². The van der Waals surface area contributed by atoms with E-state index >= 15 is 0 Å². The van der Waals surface area contributed by atoms with Crippen LogP contribution in [0.2, 0.25) is 5.02 Å². The highest BCUT2D eigenvalue weighted by atomic mass is 35.5. The van der Waals surface area contributed by atoms with Gasteiger partial charge in [0.2, 0.25) is 10.0 Å². The molecule has 5 rings (SSSR count). The topological polar surface area (TPSA) is 138 Å². The smallest absolute Gasteiger partial charge is 0.338 e. The van der Waals surface area contributed by atoms with Gasteiger partial charge in [-0.1, -0.05) is 24.6 Å². The van der Waals surface area contributed by atoms with Gasteiger partial charge in [-0.3, -0.25) is 9.79 Å². The number of esters is 1. The molecule has 44 heavy (non-hydrogen) atoms. The number of nitrogens with one attached hydrogen (secondary N) is 1. The number of amidine groups is 1. The number of carboxylic acid groups (broad SMARTS) is 1. The minimum absolute atomic E-state index is 0.0665. The zero-order chi connectivity index (χ0) is 31.8. The molecule has 0 bridgehead atoms. The Morgan fingerprint density at radius 2 is 1.89 bits per heavy atom. The van der Waals surface area contributed by atoms with Gasteiger partial charge in [-0.2, -0.15) is 0 Å². The van der Waals surface area contributed by atoms with Gasteiger partial charge in [0, 0.05) is 41.8 Å². The molecule has 3 aliphatic rings. The van der Waals surface area contributed by atoms with Crippen LogP contribution in [0.1, 0.15) is 62.1 Å². The van der Waals surface area contributed by atoms with Crippen LogP contribution in [0.5, 0.6) is 0 Å². The van der Waals surface area contributed by atoms with Crippen molar-refractivity contribution in [3.63, 3.8) is 0 Å². The molecule has 2 fully saturated rings. The lowest BCUT2D eigenvalue weighted by Gasteiger charge is -2.39. The number of allylic oxidation sites excluding steroid dienone is 1. The van der Waals surface area contributed by atoms with Crippen molar-refractivity contribution in [1.29, 1.82) is 0 Å². The summed E-state index contributed by atoms with van der Waals surface area (Å²) in [5.41, 5.74) is 0.0804. The number of ether oxygens (including phenoxy) is 1. The molecule has 1 aromatic carbocycles. The number of aliphatic imine (C=N–C) groups is 1. The number of carbonyl (C=O) groups is 2. The highest BCUT2D eigenvalue weighted by Crippen LogP contribution is 2.43. The summed E-state index contributed by atoms with van der Waals surface area (Å²) in [7, 11) is -2.45. The molecule has 3 heterocycles. The summed E-state index contributed by atoms with van der Waals surface area (Å²) in [5.74, 6) is -4.50. The second-order valence-corrected chi connectivity index (χ2v) is 15.0. The fourth-order valence-electron chi connectivity index (χ4n) is 6.31. The molecule has 2 aliphatic heterocycles. The summed E-state index contributed by atoms with van der Waals surface area (Å²) in [6, 6.07) is 1.06. The Balaban J connectivity index is 1.42. The maximum absolute atomic E-state index is 14.6. The highest BCUT2D eigenvalue weighted by Gasteiger charge is 2.42. The molecule has 2 N–H and O–H groups in total. The Labute approximate surface area is 263 Å². The molecule has 0 amide bonds. The van der Waals surface area contributed by atoms with Crippen molar-refractivity contribution in [2.75, 3.05) is 26.0 Å². The lowest BCUT2D eigenvalue weighted by atomic mass is 9.73. The number of aromatic nitrogens is 1. The van der Waals surface area contributed by atoms with Crippen molar-refractivity contribution in [2.45, 2.75) is 51.5 Å². The molecule has 1 saturated carbocycles. The number of hydrogen-bond acceptors (Lipinski definition) is 9. The van der Waals surface area contributed by atoms with Crippen LogP contribution in [0, 0.1) is 28.9 Å². The number of rotatable bonds is 8. The predicted octanol–water partition coefficient (Wildman–Crippen LogP) is 4.92. The van der Waals surface area contributed by atoms with E-state index in [9.17, 15) is 31.9 Å². The number of methoxy groups -OCH3 is 1. The van der Waals surface area contributed by atoms with Crippen LogP contribution in [0.25, 0.3) is 0 Å². The van der Waals surface area contributed by atoms with Gasteiger partial charge in [0.1, 0.15) is 6.04 Å². The van der Waals surface area contributed by atoms with Crippen LogP contribution >= 0.6 is 22.9 Å². The van der Waals surface area contributed by atoms with Gasteiger partial charge in [-0.25, -0.2) is 31.3 Å². The van der Waals surface area contributed by atoms with E-state index in [2.05, 4.69) is 15.3 Å². The van der Waals surface area contributed by atoms with Gasteiger partial charge in [-0.15, -0.1) is 11.3 Å². The third-order valence-electron chi connectivity index (χ3n) is 8.80. The number of carbonyl (C=O) groups excluding carboxylic acids is 1. The maximum Gasteiger partial charge on any atom is 0.338 e. The molecule has 1 saturated heterocycles. The molecule has 2 aromatic rings. The van der Waals surface area contributed by atoms with Crippen LogP contribution in [0.4, 0.5) is 8.78 Å². The number of sulfonamides is 1. The Bertz CT molecular complexity index is 1600. The third kappa shape index (κ3) is 6.53. The van der Waals surface area contributed by atoms with E-state index in [1.54, 1.807) is 11.6 Å². The Kier molecular flexibility index (Phi) is 9.45. The standard InChI is InChI=1S/C29H33ClF2N4O6S2/c1-29(9-5-17(6-10-29)27(37)38)15-44(40,41)36-12-7-16(8-13-36)23-20(28(39)42-2)24(18-3-4-19(31)22(32)21(18)30)35-25(34-23)26-33-11-14-43-26/h3-4,11,14,16-17,24H,5-10,12-13,15H2,1-2H3,(H,34,35)(H,37,38)/t17-,24-,29-/m1/s1. The average molecular weight is 671 g/mol. The Hall–Kier alpha value is -2.94. The lowest BCUT2D eigenvalue weighted by Crippen LogP contribution is -2.46. The van der Waals surface area contributed by atoms with Crippen LogP contribution in [-0.4, -0.2) is 66.5 Å². The number of hydrogen-bond donors (Lipinski definition) is 2. The monoisotopic (exact) mass is 670 g/mol. The molecular formula is C29H33ClF2N4O6S2. The quantitative estimate of drug-likeness (QED) is 0.298. The average Bonchev–Trinajstić information content (AvgIpc) is 3.54. The van der Waals surface area contributed by atoms with Crippen molar-refractivity contribution in [3.8, 4) is 0 Å². The van der Waals surface area contributed by atoms with Gasteiger partial charge in [0.15, 0.2) is 22.5 Å². The van der Waals surface area contributed by atoms with E-state index in [4.69, 9.17) is 16.3 Å². The van der Waals surface area contributed by atoms with E-state index in [0.29, 0.717) is 55.1 Å². The SMILES string of the molecule is COC(=O)C1=C(C2CCN(S(=O)(=O)C[C@]3(C)CC[C@@H](C(=O)O)CC3)CC2)NC(c2nccs2)=N[C@@H]1c1ccc(F)c(F)c1Cl. The molecule has 0 spiro atoms. The molecule has 15 heteroatoms. The number of carboxylic acids is 1. The lowest BCUT2D eigenvalue weighted by molar-refractivity contribution is -0.143. The zero-order valence-electron chi connectivity index (χ0n) is 24.2. The van der Waals surface area contributed by atoms with Crippen LogP contribution in [0.15, 0.2) is 40.0 Å². The normalized spacial score (nSPS) is 25.3. The number of halogens is 3. The number of piperidine rings is 1. The maximum atomic E-state index is 14.6. The van der Waals surface area contributed by atoms with Crippen molar-refractivity contribution in [1.82, 2.24) is 14.6 Å². The summed E-state index contributed by atoms with van der Waals surface area (Å²) in [5, 5.41) is 14.3.